The average molecular weight is 641 g/mol. The minimum atomic E-state index is -1.06. The highest BCUT2D eigenvalue weighted by atomic mass is 16.5. The van der Waals surface area contributed by atoms with Gasteiger partial charge in [0.1, 0.15) is 23.8 Å². The molecular weight excluding hydrogens is 602 g/mol. The number of allylic oxidation sites excluding steroid dienone is 6. The number of aromatic carboxylic acids is 1. The number of carboxylic acids is 3. The minimum absolute atomic E-state index is 0.118. The van der Waals surface area contributed by atoms with Gasteiger partial charge in [-0.05, 0) is 73.9 Å². The molecule has 4 rings (SSSR count). The summed E-state index contributed by atoms with van der Waals surface area (Å²) in [6, 6.07) is 12.3. The van der Waals surface area contributed by atoms with E-state index in [1.807, 2.05) is 56.2 Å². The van der Waals surface area contributed by atoms with Crippen molar-refractivity contribution in [3.63, 3.8) is 0 Å². The number of nitrogens with zero attached hydrogens (tertiary/aromatic N) is 3. The molecule has 0 atom stereocenters. The van der Waals surface area contributed by atoms with E-state index in [4.69, 9.17) is 4.74 Å². The Balaban J connectivity index is 1.84. The van der Waals surface area contributed by atoms with Gasteiger partial charge in [0.15, 0.2) is 6.54 Å². The fourth-order valence-corrected chi connectivity index (χ4v) is 6.44. The third-order valence-electron chi connectivity index (χ3n) is 8.78. The van der Waals surface area contributed by atoms with E-state index in [2.05, 4.69) is 6.07 Å². The van der Waals surface area contributed by atoms with Gasteiger partial charge in [0.2, 0.25) is 11.4 Å². The maximum Gasteiger partial charge on any atom is 0.335 e. The Kier molecular flexibility index (Phi) is 9.85. The van der Waals surface area contributed by atoms with Crippen LogP contribution in [0.4, 0.5) is 11.4 Å². The van der Waals surface area contributed by atoms with E-state index in [9.17, 15) is 39.8 Å². The van der Waals surface area contributed by atoms with Crippen molar-refractivity contribution in [1.29, 1.82) is 5.26 Å². The van der Waals surface area contributed by atoms with Gasteiger partial charge in [0.05, 0.1) is 17.4 Å². The Morgan fingerprint density at radius 2 is 1.68 bits per heavy atom. The number of benzene rings is 2. The summed E-state index contributed by atoms with van der Waals surface area (Å²) in [7, 11) is 0. The van der Waals surface area contributed by atoms with Crippen molar-refractivity contribution in [1.82, 2.24) is 0 Å². The smallest absolute Gasteiger partial charge is 0.335 e. The normalized spacial score (nSPS) is 17.3. The largest absolute Gasteiger partial charge is 0.481 e. The summed E-state index contributed by atoms with van der Waals surface area (Å²) in [5.74, 6) is -2.67. The number of hydrogen-bond acceptors (Lipinski definition) is 7. The van der Waals surface area contributed by atoms with E-state index >= 15 is 0 Å². The van der Waals surface area contributed by atoms with Crippen molar-refractivity contribution >= 4 is 41.5 Å². The highest BCUT2D eigenvalue weighted by molar-refractivity contribution is 6.10. The number of carbonyl (C=O) groups excluding carboxylic acids is 1. The van der Waals surface area contributed by atoms with Gasteiger partial charge >= 0.3 is 17.9 Å². The molecule has 0 saturated heterocycles. The summed E-state index contributed by atoms with van der Waals surface area (Å²) < 4.78 is 6.91. The lowest BCUT2D eigenvalue weighted by Gasteiger charge is -2.26. The van der Waals surface area contributed by atoms with E-state index in [-0.39, 0.29) is 31.5 Å². The zero-order valence-electron chi connectivity index (χ0n) is 27.0. The molecule has 47 heavy (non-hydrogen) atoms. The fraction of sp³-hybridized carbons (Fsp3) is 0.333. The van der Waals surface area contributed by atoms with E-state index in [1.165, 1.54) is 6.07 Å². The minimum Gasteiger partial charge on any atom is -0.481 e. The molecule has 0 unspecified atom stereocenters. The van der Waals surface area contributed by atoms with Gasteiger partial charge in [-0.2, -0.15) is 9.84 Å². The first-order valence-electron chi connectivity index (χ1n) is 15.2. The molecule has 11 heteroatoms. The molecule has 11 nitrogen and oxygen atoms in total. The van der Waals surface area contributed by atoms with E-state index in [0.717, 1.165) is 33.8 Å². The van der Waals surface area contributed by atoms with Crippen LogP contribution in [0.25, 0.3) is 0 Å². The average Bonchev–Trinajstić information content (AvgIpc) is 3.37. The van der Waals surface area contributed by atoms with Gasteiger partial charge in [-0.1, -0.05) is 26.8 Å². The maximum atomic E-state index is 11.7. The first-order chi connectivity index (χ1) is 22.2. The molecule has 0 radical (unpaired) electrons. The third-order valence-corrected chi connectivity index (χ3v) is 8.78. The molecule has 0 saturated carbocycles. The Morgan fingerprint density at radius 3 is 2.28 bits per heavy atom. The number of carboxylic acid groups (broad SMARTS) is 3. The summed E-state index contributed by atoms with van der Waals surface area (Å²) in [6.45, 7) is 10.3. The first-order valence-corrected chi connectivity index (χ1v) is 15.2. The van der Waals surface area contributed by atoms with Gasteiger partial charge < -0.3 is 25.0 Å². The highest BCUT2D eigenvalue weighted by Gasteiger charge is 2.48. The van der Waals surface area contributed by atoms with Crippen molar-refractivity contribution in [2.45, 2.75) is 64.7 Å². The number of anilines is 1. The standard InChI is InChI=1S/C36H37N3O8/c1-6-22(7-12-30-35(2,3)26-18-23(34(45)46)8-10-28(26)38(30)15-13-31(41)42)17-24(20-37)33-36(4,5)27-19-25(47-21-40)9-11-29(27)39(33)16-14-32(43)44/h7-12,17-19,21H,6,13-16H2,1-5H3,(H2-,41,42,43,44,45,46)/p+1. The molecule has 0 aliphatic carbocycles. The number of rotatable bonds is 13. The lowest BCUT2D eigenvalue weighted by Crippen LogP contribution is -2.31. The molecule has 0 aromatic heterocycles. The number of carbonyl (C=O) groups is 4. The molecule has 0 spiro atoms. The lowest BCUT2D eigenvalue weighted by atomic mass is 9.78. The van der Waals surface area contributed by atoms with Crippen LogP contribution in [0.3, 0.4) is 0 Å². The van der Waals surface area contributed by atoms with Gasteiger partial charge in [0.25, 0.3) is 6.47 Å². The monoisotopic (exact) mass is 640 g/mol. The third kappa shape index (κ3) is 6.72. The number of nitriles is 1. The van der Waals surface area contributed by atoms with Gasteiger partial charge in [-0.15, -0.1) is 0 Å². The van der Waals surface area contributed by atoms with Crippen LogP contribution in [0.5, 0.6) is 5.75 Å². The van der Waals surface area contributed by atoms with E-state index in [1.54, 1.807) is 36.4 Å². The summed E-state index contributed by atoms with van der Waals surface area (Å²) in [6.07, 6.45) is 5.77. The number of fused-ring (bicyclic) bond motifs is 2. The molecule has 2 aromatic carbocycles. The molecule has 2 aliphatic rings. The number of ether oxygens (including phenoxy) is 1. The first kappa shape index (κ1) is 34.4. The molecule has 0 bridgehead atoms. The Hall–Kier alpha value is -5.50. The van der Waals surface area contributed by atoms with E-state index in [0.29, 0.717) is 29.9 Å². The van der Waals surface area contributed by atoms with Crippen molar-refractivity contribution < 1.29 is 43.8 Å². The van der Waals surface area contributed by atoms with Crippen LogP contribution in [-0.4, -0.2) is 63.1 Å². The van der Waals surface area contributed by atoms with Gasteiger partial charge in [0, 0.05) is 35.0 Å². The summed E-state index contributed by atoms with van der Waals surface area (Å²) in [5, 5.41) is 39.0. The maximum absolute atomic E-state index is 11.7. The highest BCUT2D eigenvalue weighted by Crippen LogP contribution is 2.48. The summed E-state index contributed by atoms with van der Waals surface area (Å²) in [4.78, 5) is 47.8. The van der Waals surface area contributed by atoms with Crippen LogP contribution < -0.4 is 9.64 Å². The van der Waals surface area contributed by atoms with Crippen LogP contribution in [0.15, 0.2) is 71.5 Å². The van der Waals surface area contributed by atoms with Crippen molar-refractivity contribution in [3.8, 4) is 11.8 Å². The molecule has 2 aliphatic heterocycles. The van der Waals surface area contributed by atoms with Crippen molar-refractivity contribution in [2.75, 3.05) is 18.0 Å². The Morgan fingerprint density at radius 1 is 0.979 bits per heavy atom. The Bertz CT molecular complexity index is 1820. The summed E-state index contributed by atoms with van der Waals surface area (Å²) >= 11 is 0. The quantitative estimate of drug-likeness (QED) is 0.107. The molecule has 0 fully saturated rings. The van der Waals surface area contributed by atoms with Crippen LogP contribution in [0.1, 0.15) is 75.4 Å². The van der Waals surface area contributed by atoms with E-state index < -0.39 is 28.7 Å². The topological polar surface area (TPSA) is 168 Å². The van der Waals surface area contributed by atoms with Crippen molar-refractivity contribution in [2.24, 2.45) is 0 Å². The predicted octanol–water partition coefficient (Wildman–Crippen LogP) is 5.71. The zero-order valence-corrected chi connectivity index (χ0v) is 27.0. The number of aliphatic carboxylic acids is 2. The second kappa shape index (κ2) is 13.5. The second-order valence-corrected chi connectivity index (χ2v) is 12.4. The molecule has 3 N–H and O–H groups in total. The summed E-state index contributed by atoms with van der Waals surface area (Å²) in [5.41, 5.74) is 4.24. The molecule has 0 amide bonds. The zero-order chi connectivity index (χ0) is 34.7. The predicted molar refractivity (Wildman–Crippen MR) is 174 cm³/mol. The van der Waals surface area contributed by atoms with Crippen LogP contribution in [0, 0.1) is 11.3 Å². The van der Waals surface area contributed by atoms with Crippen LogP contribution in [0.2, 0.25) is 0 Å². The lowest BCUT2D eigenvalue weighted by molar-refractivity contribution is -0.437. The Labute approximate surface area is 273 Å². The fourth-order valence-electron chi connectivity index (χ4n) is 6.44. The SMILES string of the molecule is CCC(/C=C(\C#N)C1=[N+](CCC(=O)O)c2ccc(OC=O)cc2C1(C)C)=C\C=C1\N(CCC(=O)O)c2ccc(C(=O)O)cc2C1(C)C. The molecule has 2 heterocycles. The number of hydrogen-bond donors (Lipinski definition) is 3. The van der Waals surface area contributed by atoms with Crippen LogP contribution in [-0.2, 0) is 25.2 Å². The van der Waals surface area contributed by atoms with Crippen molar-refractivity contribution in [3.05, 3.63) is 88.2 Å². The van der Waals surface area contributed by atoms with Gasteiger partial charge in [-0.3, -0.25) is 14.4 Å². The molecule has 244 valence electrons. The van der Waals surface area contributed by atoms with Crippen LogP contribution >= 0.6 is 0 Å². The molecular formula is C36H38N3O8+. The molecule has 2 aromatic rings. The second-order valence-electron chi connectivity index (χ2n) is 12.4. The van der Waals surface area contributed by atoms with Gasteiger partial charge in [-0.25, -0.2) is 4.79 Å².